The molecule has 2 aromatic heterocycles. The lowest BCUT2D eigenvalue weighted by atomic mass is 10.1. The summed E-state index contributed by atoms with van der Waals surface area (Å²) in [5.74, 6) is 1.33. The molecule has 0 N–H and O–H groups in total. The van der Waals surface area contributed by atoms with Crippen LogP contribution in [-0.4, -0.2) is 39.0 Å². The zero-order valence-corrected chi connectivity index (χ0v) is 18.9. The van der Waals surface area contributed by atoms with Crippen molar-refractivity contribution in [2.75, 3.05) is 13.7 Å². The van der Waals surface area contributed by atoms with Crippen molar-refractivity contribution in [3.63, 3.8) is 0 Å². The van der Waals surface area contributed by atoms with E-state index in [4.69, 9.17) is 21.3 Å². The fourth-order valence-corrected chi connectivity index (χ4v) is 4.60. The largest absolute Gasteiger partial charge is 0.496 e. The molecule has 164 valence electrons. The Hall–Kier alpha value is -2.60. The molecule has 0 saturated heterocycles. The molecule has 0 unspecified atom stereocenters. The monoisotopic (exact) mass is 440 g/mol. The number of rotatable bonds is 8. The molecule has 0 aliphatic heterocycles. The van der Waals surface area contributed by atoms with E-state index in [1.165, 1.54) is 12.8 Å². The summed E-state index contributed by atoms with van der Waals surface area (Å²) in [5, 5.41) is 0.516. The quantitative estimate of drug-likeness (QED) is 0.454. The number of fused-ring (bicyclic) bond motifs is 1. The van der Waals surface area contributed by atoms with Gasteiger partial charge >= 0.3 is 0 Å². The lowest BCUT2D eigenvalue weighted by molar-refractivity contribution is 0.0730. The second kappa shape index (κ2) is 9.69. The summed E-state index contributed by atoms with van der Waals surface area (Å²) >= 11 is 6.20. The third-order valence-electron chi connectivity index (χ3n) is 6.00. The van der Waals surface area contributed by atoms with Gasteiger partial charge in [-0.1, -0.05) is 37.8 Å². The third-order valence-corrected chi connectivity index (χ3v) is 6.24. The van der Waals surface area contributed by atoms with Crippen LogP contribution in [0.4, 0.5) is 0 Å². The maximum absolute atomic E-state index is 13.6. The first-order valence-electron chi connectivity index (χ1n) is 11.1. The highest BCUT2D eigenvalue weighted by Crippen LogP contribution is 2.34. The van der Waals surface area contributed by atoms with Crippen molar-refractivity contribution in [2.45, 2.75) is 58.0 Å². The molecule has 31 heavy (non-hydrogen) atoms. The molecular formula is C24H29ClN4O2. The van der Waals surface area contributed by atoms with E-state index in [9.17, 15) is 4.79 Å². The van der Waals surface area contributed by atoms with Crippen molar-refractivity contribution in [2.24, 2.45) is 0 Å². The number of hydrogen-bond acceptors (Lipinski definition) is 4. The molecule has 2 heterocycles. The molecule has 1 saturated carbocycles. The lowest BCUT2D eigenvalue weighted by Crippen LogP contribution is -2.33. The van der Waals surface area contributed by atoms with E-state index < -0.39 is 0 Å². The Morgan fingerprint density at radius 2 is 2.10 bits per heavy atom. The Kier molecular flexibility index (Phi) is 6.76. The normalized spacial score (nSPS) is 14.3. The minimum absolute atomic E-state index is 0.0919. The summed E-state index contributed by atoms with van der Waals surface area (Å²) in [6.45, 7) is 3.20. The molecule has 0 atom stereocenters. The predicted octanol–water partition coefficient (Wildman–Crippen LogP) is 5.65. The number of unbranched alkanes of at least 4 members (excludes halogenated alkanes) is 1. The summed E-state index contributed by atoms with van der Waals surface area (Å²) in [6, 6.07) is 9.45. The molecule has 3 aromatic rings. The second-order valence-corrected chi connectivity index (χ2v) is 8.54. The smallest absolute Gasteiger partial charge is 0.258 e. The van der Waals surface area contributed by atoms with E-state index in [0.29, 0.717) is 35.5 Å². The second-order valence-electron chi connectivity index (χ2n) is 8.11. The Balaban J connectivity index is 1.72. The number of carbonyl (C=O) groups excluding carboxylic acids is 1. The molecule has 0 spiro atoms. The van der Waals surface area contributed by atoms with Crippen molar-refractivity contribution in [1.29, 1.82) is 0 Å². The third kappa shape index (κ3) is 4.54. The number of methoxy groups -OCH3 is 1. The summed E-state index contributed by atoms with van der Waals surface area (Å²) in [5.41, 5.74) is 2.27. The van der Waals surface area contributed by atoms with Crippen LogP contribution in [0.1, 0.15) is 67.7 Å². The van der Waals surface area contributed by atoms with E-state index in [0.717, 1.165) is 42.7 Å². The highest BCUT2D eigenvalue weighted by Gasteiger charge is 2.27. The van der Waals surface area contributed by atoms with Gasteiger partial charge in [-0.05, 0) is 49.6 Å². The first kappa shape index (κ1) is 21.6. The van der Waals surface area contributed by atoms with Gasteiger partial charge in [-0.25, -0.2) is 9.97 Å². The zero-order valence-electron chi connectivity index (χ0n) is 18.2. The number of hydrogen-bond donors (Lipinski definition) is 0. The molecule has 0 radical (unpaired) electrons. The standard InChI is InChI=1S/C24H29ClN4O2/c1-3-4-14-28(24(30)19-15-17(25)11-12-21(19)31-2)16-22-27-20-10-7-13-26-23(20)29(22)18-8-5-6-9-18/h7,10-13,15,18H,3-6,8-9,14,16H2,1-2H3. The molecule has 0 bridgehead atoms. The number of halogens is 1. The fourth-order valence-electron chi connectivity index (χ4n) is 4.42. The van der Waals surface area contributed by atoms with Gasteiger partial charge in [0.1, 0.15) is 17.1 Å². The van der Waals surface area contributed by atoms with Gasteiger partial charge in [-0.3, -0.25) is 4.79 Å². The molecule has 1 fully saturated rings. The van der Waals surface area contributed by atoms with Gasteiger partial charge in [0.2, 0.25) is 0 Å². The van der Waals surface area contributed by atoms with Crippen LogP contribution in [0.25, 0.3) is 11.2 Å². The topological polar surface area (TPSA) is 60.2 Å². The average molecular weight is 441 g/mol. The van der Waals surface area contributed by atoms with Crippen LogP contribution in [0.2, 0.25) is 5.02 Å². The highest BCUT2D eigenvalue weighted by molar-refractivity contribution is 6.31. The molecule has 1 amide bonds. The van der Waals surface area contributed by atoms with Gasteiger partial charge in [0.05, 0.1) is 19.2 Å². The van der Waals surface area contributed by atoms with E-state index in [1.54, 1.807) is 25.3 Å². The van der Waals surface area contributed by atoms with Crippen LogP contribution in [0, 0.1) is 0 Å². The van der Waals surface area contributed by atoms with Crippen LogP contribution in [0.5, 0.6) is 5.75 Å². The van der Waals surface area contributed by atoms with Crippen LogP contribution < -0.4 is 4.74 Å². The number of amides is 1. The Bertz CT molecular complexity index is 1060. The molecule has 6 nitrogen and oxygen atoms in total. The summed E-state index contributed by atoms with van der Waals surface area (Å²) < 4.78 is 7.71. The molecule has 4 rings (SSSR count). The number of carbonyl (C=O) groups is 1. The Morgan fingerprint density at radius 3 is 2.84 bits per heavy atom. The zero-order chi connectivity index (χ0) is 21.8. The molecular weight excluding hydrogens is 412 g/mol. The first-order chi connectivity index (χ1) is 15.1. The molecule has 7 heteroatoms. The summed E-state index contributed by atoms with van der Waals surface area (Å²) in [7, 11) is 1.57. The number of ether oxygens (including phenoxy) is 1. The lowest BCUT2D eigenvalue weighted by Gasteiger charge is -2.25. The Labute approximate surface area is 188 Å². The van der Waals surface area contributed by atoms with Gasteiger partial charge in [-0.15, -0.1) is 0 Å². The van der Waals surface area contributed by atoms with Crippen molar-refractivity contribution < 1.29 is 9.53 Å². The van der Waals surface area contributed by atoms with Crippen molar-refractivity contribution in [1.82, 2.24) is 19.4 Å². The average Bonchev–Trinajstić information content (AvgIpc) is 3.43. The number of pyridine rings is 1. The maximum atomic E-state index is 13.6. The van der Waals surface area contributed by atoms with Crippen molar-refractivity contribution >= 4 is 28.7 Å². The molecule has 1 aromatic carbocycles. The highest BCUT2D eigenvalue weighted by atomic mass is 35.5. The van der Waals surface area contributed by atoms with E-state index in [2.05, 4.69) is 16.5 Å². The van der Waals surface area contributed by atoms with E-state index >= 15 is 0 Å². The van der Waals surface area contributed by atoms with Crippen molar-refractivity contribution in [3.05, 3.63) is 52.9 Å². The van der Waals surface area contributed by atoms with Crippen LogP contribution in [0.15, 0.2) is 36.5 Å². The Morgan fingerprint density at radius 1 is 1.29 bits per heavy atom. The summed E-state index contributed by atoms with van der Waals surface area (Å²) in [6.07, 6.45) is 8.41. The first-order valence-corrected chi connectivity index (χ1v) is 11.4. The minimum atomic E-state index is -0.0919. The van der Waals surface area contributed by atoms with Crippen LogP contribution in [0.3, 0.4) is 0 Å². The predicted molar refractivity (Wildman–Crippen MR) is 123 cm³/mol. The molecule has 1 aliphatic rings. The number of nitrogens with zero attached hydrogens (tertiary/aromatic N) is 4. The van der Waals surface area contributed by atoms with Gasteiger partial charge in [-0.2, -0.15) is 0 Å². The SMILES string of the molecule is CCCCN(Cc1nc2cccnc2n1C1CCCC1)C(=O)c1cc(Cl)ccc1OC. The minimum Gasteiger partial charge on any atom is -0.496 e. The van der Waals surface area contributed by atoms with Gasteiger partial charge in [0, 0.05) is 23.8 Å². The molecule has 1 aliphatic carbocycles. The van der Waals surface area contributed by atoms with Crippen molar-refractivity contribution in [3.8, 4) is 5.75 Å². The number of aromatic nitrogens is 3. The number of benzene rings is 1. The van der Waals surface area contributed by atoms with E-state index in [1.807, 2.05) is 23.2 Å². The van der Waals surface area contributed by atoms with Crippen LogP contribution in [-0.2, 0) is 6.54 Å². The van der Waals surface area contributed by atoms with Gasteiger partial charge in [0.25, 0.3) is 5.91 Å². The van der Waals surface area contributed by atoms with E-state index in [-0.39, 0.29) is 5.91 Å². The summed E-state index contributed by atoms with van der Waals surface area (Å²) in [4.78, 5) is 24.9. The fraction of sp³-hybridized carbons (Fsp3) is 0.458. The van der Waals surface area contributed by atoms with Gasteiger partial charge in [0.15, 0.2) is 5.65 Å². The van der Waals surface area contributed by atoms with Gasteiger partial charge < -0.3 is 14.2 Å². The number of imidazole rings is 1. The van der Waals surface area contributed by atoms with Crippen LogP contribution >= 0.6 is 11.6 Å². The maximum Gasteiger partial charge on any atom is 0.258 e.